The number of rotatable bonds is 5. The number of amides is 1. The molecular formula is C13H16Br2N2O2. The standard InChI is InChI=1S/C13H16Br2N2O2/c14-6-1-4-12(18)17-8-5-10(9-17)19-13-11(15)3-2-7-16-13/h2-3,7,10H,1,4-6,8-9H2. The molecule has 1 fully saturated rings. The summed E-state index contributed by atoms with van der Waals surface area (Å²) < 4.78 is 6.68. The minimum atomic E-state index is 0.0409. The minimum absolute atomic E-state index is 0.0409. The highest BCUT2D eigenvalue weighted by Crippen LogP contribution is 2.24. The summed E-state index contributed by atoms with van der Waals surface area (Å²) in [5, 5.41) is 0.868. The molecule has 1 unspecified atom stereocenters. The van der Waals surface area contributed by atoms with Crippen molar-refractivity contribution in [2.75, 3.05) is 18.4 Å². The molecule has 19 heavy (non-hydrogen) atoms. The number of carbonyl (C=O) groups excluding carboxylic acids is 1. The summed E-state index contributed by atoms with van der Waals surface area (Å²) >= 11 is 6.75. The quantitative estimate of drug-likeness (QED) is 0.724. The number of hydrogen-bond donors (Lipinski definition) is 0. The van der Waals surface area contributed by atoms with E-state index in [1.54, 1.807) is 6.20 Å². The molecule has 1 aromatic heterocycles. The second-order valence-corrected chi connectivity index (χ2v) is 6.10. The van der Waals surface area contributed by atoms with Gasteiger partial charge in [-0.2, -0.15) is 0 Å². The van der Waals surface area contributed by atoms with Crippen molar-refractivity contribution in [1.29, 1.82) is 0 Å². The summed E-state index contributed by atoms with van der Waals surface area (Å²) in [4.78, 5) is 18.0. The SMILES string of the molecule is O=C(CCCBr)N1CCC(Oc2ncccc2Br)C1. The third-order valence-corrected chi connectivity index (χ3v) is 4.19. The Bertz CT molecular complexity index is 442. The van der Waals surface area contributed by atoms with Crippen molar-refractivity contribution in [1.82, 2.24) is 9.88 Å². The Morgan fingerprint density at radius 2 is 2.42 bits per heavy atom. The summed E-state index contributed by atoms with van der Waals surface area (Å²) in [7, 11) is 0. The number of likely N-dealkylation sites (tertiary alicyclic amines) is 1. The highest BCUT2D eigenvalue weighted by atomic mass is 79.9. The molecule has 1 amide bonds. The maximum absolute atomic E-state index is 11.9. The molecule has 4 nitrogen and oxygen atoms in total. The van der Waals surface area contributed by atoms with E-state index in [1.165, 1.54) is 0 Å². The van der Waals surface area contributed by atoms with Gasteiger partial charge in [0.15, 0.2) is 0 Å². The van der Waals surface area contributed by atoms with Gasteiger partial charge in [0.2, 0.25) is 11.8 Å². The van der Waals surface area contributed by atoms with Crippen LogP contribution >= 0.6 is 31.9 Å². The predicted molar refractivity (Wildman–Crippen MR) is 80.6 cm³/mol. The number of nitrogens with zero attached hydrogens (tertiary/aromatic N) is 2. The summed E-state index contributed by atoms with van der Waals surface area (Å²) in [6, 6.07) is 3.75. The number of ether oxygens (including phenoxy) is 1. The van der Waals surface area contributed by atoms with Gasteiger partial charge >= 0.3 is 0 Å². The fraction of sp³-hybridized carbons (Fsp3) is 0.538. The Morgan fingerprint density at radius 1 is 1.58 bits per heavy atom. The van der Waals surface area contributed by atoms with Gasteiger partial charge in [0, 0.05) is 30.9 Å². The second-order valence-electron chi connectivity index (χ2n) is 4.45. The second kappa shape index (κ2) is 7.24. The Kier molecular flexibility index (Phi) is 5.63. The van der Waals surface area contributed by atoms with E-state index in [2.05, 4.69) is 36.8 Å². The van der Waals surface area contributed by atoms with E-state index >= 15 is 0 Å². The van der Waals surface area contributed by atoms with Crippen LogP contribution in [-0.2, 0) is 4.79 Å². The van der Waals surface area contributed by atoms with E-state index in [-0.39, 0.29) is 12.0 Å². The van der Waals surface area contributed by atoms with Crippen LogP contribution in [0.5, 0.6) is 5.88 Å². The predicted octanol–water partition coefficient (Wildman–Crippen LogP) is 3.00. The zero-order valence-electron chi connectivity index (χ0n) is 10.5. The lowest BCUT2D eigenvalue weighted by molar-refractivity contribution is -0.130. The fourth-order valence-corrected chi connectivity index (χ4v) is 2.67. The Labute approximate surface area is 129 Å². The largest absolute Gasteiger partial charge is 0.472 e. The molecule has 0 aliphatic carbocycles. The third kappa shape index (κ3) is 4.18. The van der Waals surface area contributed by atoms with Gasteiger partial charge in [0.05, 0.1) is 11.0 Å². The Balaban J connectivity index is 1.85. The topological polar surface area (TPSA) is 42.4 Å². The van der Waals surface area contributed by atoms with Crippen molar-refractivity contribution >= 4 is 37.8 Å². The third-order valence-electron chi connectivity index (χ3n) is 3.03. The van der Waals surface area contributed by atoms with Crippen molar-refractivity contribution in [3.05, 3.63) is 22.8 Å². The summed E-state index contributed by atoms with van der Waals surface area (Å²) in [5.74, 6) is 0.813. The van der Waals surface area contributed by atoms with Gasteiger partial charge in [-0.1, -0.05) is 15.9 Å². The van der Waals surface area contributed by atoms with E-state index in [4.69, 9.17) is 4.74 Å². The van der Waals surface area contributed by atoms with Gasteiger partial charge in [0.1, 0.15) is 6.10 Å². The molecule has 1 aromatic rings. The normalized spacial score (nSPS) is 18.6. The maximum atomic E-state index is 11.9. The molecule has 1 aliphatic heterocycles. The monoisotopic (exact) mass is 390 g/mol. The van der Waals surface area contributed by atoms with Crippen LogP contribution in [0.4, 0.5) is 0 Å². The molecule has 1 saturated heterocycles. The zero-order valence-corrected chi connectivity index (χ0v) is 13.7. The van der Waals surface area contributed by atoms with Crippen LogP contribution in [0.1, 0.15) is 19.3 Å². The lowest BCUT2D eigenvalue weighted by Crippen LogP contribution is -2.30. The van der Waals surface area contributed by atoms with Gasteiger partial charge in [0.25, 0.3) is 0 Å². The van der Waals surface area contributed by atoms with E-state index < -0.39 is 0 Å². The number of pyridine rings is 1. The first-order chi connectivity index (χ1) is 9.20. The van der Waals surface area contributed by atoms with Crippen molar-refractivity contribution in [3.8, 4) is 5.88 Å². The summed E-state index contributed by atoms with van der Waals surface area (Å²) in [5.41, 5.74) is 0. The average molecular weight is 392 g/mol. The molecule has 1 aliphatic rings. The van der Waals surface area contributed by atoms with E-state index in [1.807, 2.05) is 17.0 Å². The average Bonchev–Trinajstić information content (AvgIpc) is 2.87. The number of hydrogen-bond acceptors (Lipinski definition) is 3. The first-order valence-corrected chi connectivity index (χ1v) is 8.23. The highest BCUT2D eigenvalue weighted by Gasteiger charge is 2.27. The Morgan fingerprint density at radius 3 is 3.16 bits per heavy atom. The Hall–Kier alpha value is -0.620. The van der Waals surface area contributed by atoms with Gasteiger partial charge in [-0.25, -0.2) is 4.98 Å². The zero-order chi connectivity index (χ0) is 13.7. The molecule has 2 heterocycles. The van der Waals surface area contributed by atoms with Crippen LogP contribution in [-0.4, -0.2) is 40.3 Å². The van der Waals surface area contributed by atoms with E-state index in [0.29, 0.717) is 18.8 Å². The van der Waals surface area contributed by atoms with Crippen molar-refractivity contribution in [2.24, 2.45) is 0 Å². The fourth-order valence-electron chi connectivity index (χ4n) is 2.04. The van der Waals surface area contributed by atoms with Crippen LogP contribution < -0.4 is 4.74 Å². The number of aromatic nitrogens is 1. The van der Waals surface area contributed by atoms with E-state index in [0.717, 1.165) is 29.2 Å². The number of alkyl halides is 1. The molecule has 6 heteroatoms. The van der Waals surface area contributed by atoms with Crippen LogP contribution in [0.2, 0.25) is 0 Å². The first-order valence-electron chi connectivity index (χ1n) is 6.31. The minimum Gasteiger partial charge on any atom is -0.472 e. The maximum Gasteiger partial charge on any atom is 0.228 e. The number of halogens is 2. The molecule has 1 atom stereocenters. The van der Waals surface area contributed by atoms with Crippen molar-refractivity contribution in [2.45, 2.75) is 25.4 Å². The van der Waals surface area contributed by atoms with Gasteiger partial charge in [-0.15, -0.1) is 0 Å². The molecule has 0 spiro atoms. The van der Waals surface area contributed by atoms with Crippen molar-refractivity contribution < 1.29 is 9.53 Å². The lowest BCUT2D eigenvalue weighted by atomic mass is 10.3. The molecule has 104 valence electrons. The molecule has 0 saturated carbocycles. The lowest BCUT2D eigenvalue weighted by Gasteiger charge is -2.17. The van der Waals surface area contributed by atoms with Crippen LogP contribution in [0, 0.1) is 0 Å². The van der Waals surface area contributed by atoms with Crippen molar-refractivity contribution in [3.63, 3.8) is 0 Å². The molecule has 0 N–H and O–H groups in total. The number of carbonyl (C=O) groups is 1. The smallest absolute Gasteiger partial charge is 0.228 e. The molecule has 2 rings (SSSR count). The van der Waals surface area contributed by atoms with Crippen LogP contribution in [0.15, 0.2) is 22.8 Å². The van der Waals surface area contributed by atoms with Gasteiger partial charge in [-0.05, 0) is 34.5 Å². The highest BCUT2D eigenvalue weighted by molar-refractivity contribution is 9.10. The molecule has 0 radical (unpaired) electrons. The molecular weight excluding hydrogens is 376 g/mol. The molecule has 0 aromatic carbocycles. The summed E-state index contributed by atoms with van der Waals surface area (Å²) in [6.07, 6.45) is 4.09. The van der Waals surface area contributed by atoms with Gasteiger partial charge < -0.3 is 9.64 Å². The van der Waals surface area contributed by atoms with E-state index in [9.17, 15) is 4.79 Å². The van der Waals surface area contributed by atoms with Crippen LogP contribution in [0.25, 0.3) is 0 Å². The summed E-state index contributed by atoms with van der Waals surface area (Å²) in [6.45, 7) is 1.43. The van der Waals surface area contributed by atoms with Gasteiger partial charge in [-0.3, -0.25) is 4.79 Å². The molecule has 0 bridgehead atoms. The first kappa shape index (κ1) is 14.8. The van der Waals surface area contributed by atoms with Crippen LogP contribution in [0.3, 0.4) is 0 Å².